The van der Waals surface area contributed by atoms with E-state index >= 15 is 0 Å². The third kappa shape index (κ3) is 4.45. The molecule has 6 nitrogen and oxygen atoms in total. The van der Waals surface area contributed by atoms with Crippen molar-refractivity contribution in [3.05, 3.63) is 65.3 Å². The van der Waals surface area contributed by atoms with Crippen LogP contribution in [0.5, 0.6) is 0 Å². The van der Waals surface area contributed by atoms with Gasteiger partial charge in [-0.1, -0.05) is 43.6 Å². The number of hydrogen-bond acceptors (Lipinski definition) is 4. The monoisotopic (exact) mass is 482 g/mol. The van der Waals surface area contributed by atoms with E-state index in [-0.39, 0.29) is 10.9 Å². The molecule has 8 heteroatoms. The summed E-state index contributed by atoms with van der Waals surface area (Å²) in [5.41, 5.74) is 2.90. The zero-order valence-electron chi connectivity index (χ0n) is 19.8. The minimum atomic E-state index is -2.26. The molecular weight excluding hydrogens is 452 g/mol. The predicted octanol–water partition coefficient (Wildman–Crippen LogP) is 6.35. The zero-order valence-corrected chi connectivity index (χ0v) is 21.6. The van der Waals surface area contributed by atoms with Crippen LogP contribution < -0.4 is 9.80 Å². The molecule has 0 bridgehead atoms. The lowest BCUT2D eigenvalue weighted by Gasteiger charge is -2.35. The fourth-order valence-electron chi connectivity index (χ4n) is 4.05. The Labute approximate surface area is 201 Å². The molecule has 2 heterocycles. The highest BCUT2D eigenvalue weighted by atomic mass is 35.5. The first kappa shape index (κ1) is 23.5. The summed E-state index contributed by atoms with van der Waals surface area (Å²) in [5.74, 6) is 0.484. The summed E-state index contributed by atoms with van der Waals surface area (Å²) in [7, 11) is -0.337. The molecule has 0 fully saturated rings. The topological polar surface area (TPSA) is 61.6 Å². The lowest BCUT2D eigenvalue weighted by molar-refractivity contribution is 0.100. The average Bonchev–Trinajstić information content (AvgIpc) is 3.14. The van der Waals surface area contributed by atoms with Gasteiger partial charge in [0, 0.05) is 30.5 Å². The number of carbonyl (C=O) groups excluding carboxylic acids is 1. The third-order valence-electron chi connectivity index (χ3n) is 6.89. The number of amides is 1. The first-order valence-corrected chi connectivity index (χ1v) is 14.5. The summed E-state index contributed by atoms with van der Waals surface area (Å²) in [6, 6.07) is 15.2. The Morgan fingerprint density at radius 3 is 2.45 bits per heavy atom. The van der Waals surface area contributed by atoms with Crippen molar-refractivity contribution < 1.29 is 9.59 Å². The van der Waals surface area contributed by atoms with Gasteiger partial charge < -0.3 is 9.70 Å². The van der Waals surface area contributed by atoms with Crippen molar-refractivity contribution in [2.75, 3.05) is 16.8 Å². The van der Waals surface area contributed by atoms with Gasteiger partial charge in [-0.2, -0.15) is 5.10 Å². The maximum Gasteiger partial charge on any atom is 0.268 e. The second kappa shape index (κ2) is 8.63. The van der Waals surface area contributed by atoms with E-state index in [1.807, 2.05) is 84.5 Å². The van der Waals surface area contributed by atoms with E-state index in [4.69, 9.17) is 16.7 Å². The molecule has 1 aliphatic rings. The highest BCUT2D eigenvalue weighted by Crippen LogP contribution is 2.44. The Bertz CT molecular complexity index is 1170. The maximum atomic E-state index is 13.8. The van der Waals surface area contributed by atoms with Gasteiger partial charge >= 0.3 is 0 Å². The van der Waals surface area contributed by atoms with Crippen LogP contribution in [0.1, 0.15) is 37.0 Å². The number of halogens is 1. The summed E-state index contributed by atoms with van der Waals surface area (Å²) in [6.45, 7) is 8.92. The fraction of sp³-hybridized carbons (Fsp3) is 0.360. The lowest BCUT2D eigenvalue weighted by atomic mass is 10.1. The maximum absolute atomic E-state index is 13.8. The molecule has 174 valence electrons. The van der Waals surface area contributed by atoms with Gasteiger partial charge in [0.15, 0.2) is 14.1 Å². The molecule has 0 saturated heterocycles. The van der Waals surface area contributed by atoms with Gasteiger partial charge in [0.1, 0.15) is 5.56 Å². The van der Waals surface area contributed by atoms with Gasteiger partial charge in [-0.05, 0) is 61.3 Å². The van der Waals surface area contributed by atoms with Crippen molar-refractivity contribution >= 4 is 48.7 Å². The molecular formula is C25H31ClN4O2Si. The number of aryl methyl sites for hydroxylation is 1. The molecule has 0 radical (unpaired) electrons. The van der Waals surface area contributed by atoms with Crippen LogP contribution in [0.2, 0.25) is 23.2 Å². The van der Waals surface area contributed by atoms with Crippen LogP contribution in [0.15, 0.2) is 54.7 Å². The van der Waals surface area contributed by atoms with Crippen LogP contribution in [0.3, 0.4) is 0 Å². The van der Waals surface area contributed by atoms with Gasteiger partial charge in [0.05, 0.1) is 11.4 Å². The van der Waals surface area contributed by atoms with Gasteiger partial charge in [0.25, 0.3) is 5.91 Å². The number of carbonyl (C=O) groups is 1. The number of fused-ring (bicyclic) bond motifs is 2. The molecule has 1 amide bonds. The van der Waals surface area contributed by atoms with Gasteiger partial charge in [0.2, 0.25) is 0 Å². The molecule has 0 atom stereocenters. The number of benzene rings is 2. The number of para-hydroxylation sites is 1. The van der Waals surface area contributed by atoms with Crippen molar-refractivity contribution in [2.24, 2.45) is 0 Å². The van der Waals surface area contributed by atoms with Gasteiger partial charge in [-0.25, -0.2) is 0 Å². The van der Waals surface area contributed by atoms with Crippen LogP contribution in [0, 0.1) is 0 Å². The van der Waals surface area contributed by atoms with E-state index in [0.29, 0.717) is 22.9 Å². The molecule has 1 N–H and O–H groups in total. The van der Waals surface area contributed by atoms with Gasteiger partial charge in [-0.3, -0.25) is 14.4 Å². The first-order valence-electron chi connectivity index (χ1n) is 11.2. The Hall–Kier alpha value is -2.61. The van der Waals surface area contributed by atoms with Crippen LogP contribution in [-0.2, 0) is 6.54 Å². The van der Waals surface area contributed by atoms with Crippen molar-refractivity contribution in [3.8, 4) is 0 Å². The van der Waals surface area contributed by atoms with Crippen molar-refractivity contribution in [1.82, 2.24) is 9.78 Å². The lowest BCUT2D eigenvalue weighted by Crippen LogP contribution is -2.39. The normalized spacial score (nSPS) is 14.2. The van der Waals surface area contributed by atoms with Crippen molar-refractivity contribution in [1.29, 1.82) is 0 Å². The summed E-state index contributed by atoms with van der Waals surface area (Å²) in [6.07, 6.45) is 3.61. The van der Waals surface area contributed by atoms with Crippen molar-refractivity contribution in [3.63, 3.8) is 0 Å². The first-order chi connectivity index (χ1) is 15.5. The Kier molecular flexibility index (Phi) is 6.16. The zero-order chi connectivity index (χ0) is 24.0. The minimum Gasteiger partial charge on any atom is -0.432 e. The highest BCUT2D eigenvalue weighted by molar-refractivity contribution is 6.72. The van der Waals surface area contributed by atoms with E-state index in [1.54, 1.807) is 4.90 Å². The Morgan fingerprint density at radius 1 is 1.09 bits per heavy atom. The molecule has 4 rings (SSSR count). The molecule has 0 aliphatic carbocycles. The van der Waals surface area contributed by atoms with E-state index in [2.05, 4.69) is 13.8 Å². The van der Waals surface area contributed by atoms with Crippen molar-refractivity contribution in [2.45, 2.75) is 51.4 Å². The molecule has 0 spiro atoms. The van der Waals surface area contributed by atoms with Crippen LogP contribution in [-0.4, -0.2) is 35.8 Å². The van der Waals surface area contributed by atoms with Gasteiger partial charge in [-0.15, -0.1) is 0 Å². The van der Waals surface area contributed by atoms with Crippen LogP contribution in [0.25, 0.3) is 0 Å². The summed E-state index contributed by atoms with van der Waals surface area (Å²) in [4.78, 5) is 28.0. The van der Waals surface area contributed by atoms with E-state index in [9.17, 15) is 9.59 Å². The molecule has 2 aromatic carbocycles. The Morgan fingerprint density at radius 2 is 1.79 bits per heavy atom. The predicted molar refractivity (Wildman–Crippen MR) is 138 cm³/mol. The van der Waals surface area contributed by atoms with E-state index in [1.165, 1.54) is 0 Å². The van der Waals surface area contributed by atoms with Crippen LogP contribution >= 0.6 is 11.6 Å². The third-order valence-corrected chi connectivity index (χ3v) is 10.7. The number of nitrogens with zero attached hydrogens (tertiary/aromatic N) is 4. The smallest absolute Gasteiger partial charge is 0.268 e. The fourth-order valence-corrected chi connectivity index (χ4v) is 5.00. The number of anilines is 4. The largest absolute Gasteiger partial charge is 0.432 e. The molecule has 1 aromatic heterocycles. The minimum absolute atomic E-state index is 0.0911. The highest BCUT2D eigenvalue weighted by Gasteiger charge is 2.37. The molecule has 0 saturated carbocycles. The van der Waals surface area contributed by atoms with E-state index in [0.717, 1.165) is 29.9 Å². The second-order valence-corrected chi connectivity index (χ2v) is 14.8. The van der Waals surface area contributed by atoms with Crippen LogP contribution in [0.4, 0.5) is 22.9 Å². The summed E-state index contributed by atoms with van der Waals surface area (Å²) < 4.78 is 1.85. The number of hydrogen-bond donors (Lipinski definition) is 1. The quantitative estimate of drug-likeness (QED) is 0.415. The molecule has 1 aliphatic heterocycles. The summed E-state index contributed by atoms with van der Waals surface area (Å²) in [5, 5.41) is 5.26. The standard InChI is InChI=1S/C25H31ClN4O2Si/c1-25(2,33(4,5)32)14-9-15-29-17-20-23(27-29)28(3)21-13-12-18(26)16-22(21)30(24(20)31)19-10-7-6-8-11-19/h6-8,10-13,16-17,32H,9,14-15H2,1-5H3. The Balaban J connectivity index is 1.70. The number of aromatic nitrogens is 2. The average molecular weight is 483 g/mol. The number of rotatable bonds is 6. The summed E-state index contributed by atoms with van der Waals surface area (Å²) >= 11 is 6.32. The molecule has 0 unspecified atom stereocenters. The van der Waals surface area contributed by atoms with E-state index < -0.39 is 8.32 Å². The molecule has 3 aromatic rings. The molecule has 33 heavy (non-hydrogen) atoms. The second-order valence-electron chi connectivity index (χ2n) is 9.84. The SMILES string of the molecule is CN1c2ccc(Cl)cc2N(c2ccccc2)C(=O)c2cn(CCCC(C)(C)[Si](C)(C)O)nc21.